The van der Waals surface area contributed by atoms with Crippen molar-refractivity contribution in [1.29, 1.82) is 5.41 Å². The van der Waals surface area contributed by atoms with Crippen LogP contribution in [0, 0.1) is 11.2 Å². The summed E-state index contributed by atoms with van der Waals surface area (Å²) in [5.41, 5.74) is 0.0935. The van der Waals surface area contributed by atoms with Gasteiger partial charge in [-0.05, 0) is 24.3 Å². The molecule has 2 aromatic carbocycles. The number of halogens is 1. The van der Waals surface area contributed by atoms with Gasteiger partial charge in [0.05, 0.1) is 6.21 Å². The number of benzene rings is 2. The first-order chi connectivity index (χ1) is 8.69. The van der Waals surface area contributed by atoms with Crippen molar-refractivity contribution in [2.75, 3.05) is 0 Å². The maximum absolute atomic E-state index is 13.3. The summed E-state index contributed by atoms with van der Waals surface area (Å²) < 4.78 is 18.7. The Morgan fingerprint density at radius 1 is 1.11 bits per heavy atom. The number of ketones is 1. The van der Waals surface area contributed by atoms with Crippen LogP contribution < -0.4 is 4.74 Å². The lowest BCUT2D eigenvalue weighted by atomic mass is 10.1. The van der Waals surface area contributed by atoms with Gasteiger partial charge >= 0.3 is 0 Å². The van der Waals surface area contributed by atoms with Crippen molar-refractivity contribution in [3.63, 3.8) is 0 Å². The van der Waals surface area contributed by atoms with Gasteiger partial charge in [-0.2, -0.15) is 0 Å². The van der Waals surface area contributed by atoms with E-state index in [9.17, 15) is 9.18 Å². The second kappa shape index (κ2) is 5.23. The molecule has 0 unspecified atom stereocenters. The summed E-state index contributed by atoms with van der Waals surface area (Å²) in [4.78, 5) is 11.3. The van der Waals surface area contributed by atoms with Crippen LogP contribution in [-0.4, -0.2) is 12.0 Å². The van der Waals surface area contributed by atoms with Gasteiger partial charge in [0.25, 0.3) is 0 Å². The van der Waals surface area contributed by atoms with Gasteiger partial charge < -0.3 is 10.1 Å². The molecule has 4 heteroatoms. The van der Waals surface area contributed by atoms with Gasteiger partial charge in [-0.15, -0.1) is 0 Å². The molecule has 3 nitrogen and oxygen atoms in total. The Labute approximate surface area is 103 Å². The Hall–Kier alpha value is -2.49. The molecule has 0 aromatic heterocycles. The van der Waals surface area contributed by atoms with Gasteiger partial charge in [0.1, 0.15) is 17.3 Å². The van der Waals surface area contributed by atoms with Gasteiger partial charge in [0.15, 0.2) is 0 Å². The molecule has 0 heterocycles. The van der Waals surface area contributed by atoms with Crippen LogP contribution in [0.15, 0.2) is 48.5 Å². The molecule has 0 aliphatic heterocycles. The molecule has 1 N–H and O–H groups in total. The molecule has 0 saturated heterocycles. The van der Waals surface area contributed by atoms with E-state index in [0.717, 1.165) is 6.07 Å². The highest BCUT2D eigenvalue weighted by atomic mass is 19.1. The summed E-state index contributed by atoms with van der Waals surface area (Å²) in [7, 11) is 0. The van der Waals surface area contributed by atoms with E-state index >= 15 is 0 Å². The molecule has 2 rings (SSSR count). The largest absolute Gasteiger partial charge is 0.457 e. The summed E-state index contributed by atoms with van der Waals surface area (Å²) >= 11 is 0. The monoisotopic (exact) mass is 243 g/mol. The number of carbonyl (C=O) groups excluding carboxylic acids is 1. The third kappa shape index (κ3) is 2.79. The van der Waals surface area contributed by atoms with Gasteiger partial charge in [-0.1, -0.05) is 18.2 Å². The van der Waals surface area contributed by atoms with Crippen molar-refractivity contribution in [2.24, 2.45) is 0 Å². The number of hydrogen-bond donors (Lipinski definition) is 1. The van der Waals surface area contributed by atoms with E-state index in [4.69, 9.17) is 10.1 Å². The molecular weight excluding hydrogens is 233 g/mol. The zero-order valence-corrected chi connectivity index (χ0v) is 9.39. The molecule has 0 radical (unpaired) electrons. The number of carbonyl (C=O) groups is 1. The van der Waals surface area contributed by atoms with Crippen LogP contribution in [0.4, 0.5) is 4.39 Å². The molecule has 90 valence electrons. The molecule has 18 heavy (non-hydrogen) atoms. The SMILES string of the molecule is N=CC(=O)c1cc(F)cc(Oc2ccccc2)c1. The zero-order chi connectivity index (χ0) is 13.0. The number of para-hydroxylation sites is 1. The summed E-state index contributed by atoms with van der Waals surface area (Å²) in [5.74, 6) is -0.358. The average Bonchev–Trinajstić information content (AvgIpc) is 2.38. The lowest BCUT2D eigenvalue weighted by Crippen LogP contribution is -2.00. The highest BCUT2D eigenvalue weighted by molar-refractivity contribution is 6.34. The fraction of sp³-hybridized carbons (Fsp3) is 0. The Balaban J connectivity index is 2.31. The Morgan fingerprint density at radius 3 is 2.50 bits per heavy atom. The molecule has 0 atom stereocenters. The molecule has 0 amide bonds. The molecular formula is C14H10FNO2. The van der Waals surface area contributed by atoms with Crippen LogP contribution in [0.2, 0.25) is 0 Å². The fourth-order valence-corrected chi connectivity index (χ4v) is 1.47. The van der Waals surface area contributed by atoms with Crippen molar-refractivity contribution >= 4 is 12.0 Å². The first-order valence-electron chi connectivity index (χ1n) is 5.27. The molecule has 0 saturated carbocycles. The Kier molecular flexibility index (Phi) is 3.48. The third-order valence-corrected chi connectivity index (χ3v) is 2.27. The maximum Gasteiger partial charge on any atom is 0.203 e. The predicted octanol–water partition coefficient (Wildman–Crippen LogP) is 3.45. The van der Waals surface area contributed by atoms with Gasteiger partial charge in [-0.3, -0.25) is 4.79 Å². The Morgan fingerprint density at radius 2 is 1.83 bits per heavy atom. The van der Waals surface area contributed by atoms with E-state index < -0.39 is 11.6 Å². The Bertz CT molecular complexity index is 582. The van der Waals surface area contributed by atoms with Crippen LogP contribution in [0.5, 0.6) is 11.5 Å². The number of rotatable bonds is 4. The first kappa shape index (κ1) is 12.0. The molecule has 2 aromatic rings. The van der Waals surface area contributed by atoms with Gasteiger partial charge in [0.2, 0.25) is 5.78 Å². The average molecular weight is 243 g/mol. The quantitative estimate of drug-likeness (QED) is 0.660. The second-order valence-corrected chi connectivity index (χ2v) is 3.60. The lowest BCUT2D eigenvalue weighted by molar-refractivity contribution is 0.106. The smallest absolute Gasteiger partial charge is 0.203 e. The molecule has 0 aliphatic carbocycles. The van der Waals surface area contributed by atoms with E-state index in [2.05, 4.69) is 0 Å². The molecule has 0 bridgehead atoms. The highest BCUT2D eigenvalue weighted by Crippen LogP contribution is 2.23. The van der Waals surface area contributed by atoms with Crippen molar-refractivity contribution < 1.29 is 13.9 Å². The first-order valence-corrected chi connectivity index (χ1v) is 5.27. The van der Waals surface area contributed by atoms with Crippen molar-refractivity contribution in [3.05, 3.63) is 59.9 Å². The summed E-state index contributed by atoms with van der Waals surface area (Å²) in [5, 5.41) is 6.87. The molecule has 0 aliphatic rings. The summed E-state index contributed by atoms with van der Waals surface area (Å²) in [6.45, 7) is 0. The van der Waals surface area contributed by atoms with Gasteiger partial charge in [-0.25, -0.2) is 4.39 Å². The number of nitrogens with one attached hydrogen (secondary N) is 1. The summed E-state index contributed by atoms with van der Waals surface area (Å²) in [6, 6.07) is 12.5. The van der Waals surface area contributed by atoms with Crippen LogP contribution in [0.25, 0.3) is 0 Å². The predicted molar refractivity (Wildman–Crippen MR) is 66.0 cm³/mol. The van der Waals surface area contributed by atoms with Crippen LogP contribution in [0.3, 0.4) is 0 Å². The molecule has 0 spiro atoms. The van der Waals surface area contributed by atoms with E-state index in [1.165, 1.54) is 12.1 Å². The normalized spacial score (nSPS) is 9.83. The van der Waals surface area contributed by atoms with Crippen LogP contribution in [-0.2, 0) is 0 Å². The zero-order valence-electron chi connectivity index (χ0n) is 9.39. The summed E-state index contributed by atoms with van der Waals surface area (Å²) in [6.07, 6.45) is 0.640. The molecule has 0 fully saturated rings. The van der Waals surface area contributed by atoms with E-state index in [1.807, 2.05) is 6.07 Å². The third-order valence-electron chi connectivity index (χ3n) is 2.27. The van der Waals surface area contributed by atoms with Crippen molar-refractivity contribution in [2.45, 2.75) is 0 Å². The fourth-order valence-electron chi connectivity index (χ4n) is 1.47. The maximum atomic E-state index is 13.3. The minimum absolute atomic E-state index is 0.0935. The van der Waals surface area contributed by atoms with E-state index in [-0.39, 0.29) is 11.3 Å². The van der Waals surface area contributed by atoms with E-state index in [0.29, 0.717) is 12.0 Å². The minimum atomic E-state index is -0.575. The second-order valence-electron chi connectivity index (χ2n) is 3.60. The number of hydrogen-bond acceptors (Lipinski definition) is 3. The van der Waals surface area contributed by atoms with Crippen molar-refractivity contribution in [3.8, 4) is 11.5 Å². The number of Topliss-reactive ketones (excluding diaryl/α,β-unsaturated/α-hetero) is 1. The minimum Gasteiger partial charge on any atom is -0.457 e. The van der Waals surface area contributed by atoms with Crippen LogP contribution >= 0.6 is 0 Å². The van der Waals surface area contributed by atoms with Crippen molar-refractivity contribution in [1.82, 2.24) is 0 Å². The topological polar surface area (TPSA) is 50.2 Å². The lowest BCUT2D eigenvalue weighted by Gasteiger charge is -2.06. The van der Waals surface area contributed by atoms with Crippen LogP contribution in [0.1, 0.15) is 10.4 Å². The number of ether oxygens (including phenoxy) is 1. The highest BCUT2D eigenvalue weighted by Gasteiger charge is 2.08. The van der Waals surface area contributed by atoms with Gasteiger partial charge in [0, 0.05) is 11.6 Å². The van der Waals surface area contributed by atoms with E-state index in [1.54, 1.807) is 24.3 Å². The standard InChI is InChI=1S/C14H10FNO2/c15-11-6-10(14(17)9-16)7-13(8-11)18-12-4-2-1-3-5-12/h1-9,16H.